The molecule has 92 valence electrons. The number of hydrogen-bond acceptors (Lipinski definition) is 4. The largest absolute Gasteiger partial charge is 0.465 e. The van der Waals surface area contributed by atoms with Crippen LogP contribution in [0.25, 0.3) is 0 Å². The SMILES string of the molecule is CCOC(=O)CNCc1cc(C#N)n(C)c1C. The van der Waals surface area contributed by atoms with Crippen molar-refractivity contribution in [3.8, 4) is 6.07 Å². The fraction of sp³-hybridized carbons (Fsp3) is 0.500. The number of carbonyl (C=O) groups is 1. The molecule has 0 fully saturated rings. The minimum Gasteiger partial charge on any atom is -0.465 e. The summed E-state index contributed by atoms with van der Waals surface area (Å²) in [5.74, 6) is -0.262. The molecule has 0 spiro atoms. The molecule has 0 bridgehead atoms. The van der Waals surface area contributed by atoms with Crippen LogP contribution in [-0.4, -0.2) is 23.7 Å². The number of hydrogen-bond donors (Lipinski definition) is 1. The van der Waals surface area contributed by atoms with E-state index in [1.165, 1.54) is 0 Å². The second-order valence-electron chi connectivity index (χ2n) is 3.72. The van der Waals surface area contributed by atoms with Gasteiger partial charge in [-0.05, 0) is 25.5 Å². The van der Waals surface area contributed by atoms with E-state index >= 15 is 0 Å². The topological polar surface area (TPSA) is 67.0 Å². The summed E-state index contributed by atoms with van der Waals surface area (Å²) in [6.07, 6.45) is 0. The molecule has 0 aliphatic rings. The van der Waals surface area contributed by atoms with E-state index in [-0.39, 0.29) is 12.5 Å². The van der Waals surface area contributed by atoms with Gasteiger partial charge in [-0.25, -0.2) is 0 Å². The maximum atomic E-state index is 11.1. The quantitative estimate of drug-likeness (QED) is 0.769. The number of nitriles is 1. The molecule has 1 rings (SSSR count). The molecule has 0 saturated carbocycles. The van der Waals surface area contributed by atoms with Crippen LogP contribution in [0.1, 0.15) is 23.9 Å². The highest BCUT2D eigenvalue weighted by Gasteiger charge is 2.08. The highest BCUT2D eigenvalue weighted by atomic mass is 16.5. The predicted molar refractivity (Wildman–Crippen MR) is 63.2 cm³/mol. The van der Waals surface area contributed by atoms with Gasteiger partial charge >= 0.3 is 5.97 Å². The molecule has 1 N–H and O–H groups in total. The maximum Gasteiger partial charge on any atom is 0.319 e. The molecule has 0 atom stereocenters. The van der Waals surface area contributed by atoms with Crippen molar-refractivity contribution in [2.75, 3.05) is 13.2 Å². The van der Waals surface area contributed by atoms with Gasteiger partial charge in [0.15, 0.2) is 0 Å². The molecular weight excluding hydrogens is 218 g/mol. The Labute approximate surface area is 101 Å². The fourth-order valence-corrected chi connectivity index (χ4v) is 1.56. The number of aromatic nitrogens is 1. The van der Waals surface area contributed by atoms with Crippen molar-refractivity contribution in [3.63, 3.8) is 0 Å². The lowest BCUT2D eigenvalue weighted by atomic mass is 10.2. The smallest absolute Gasteiger partial charge is 0.319 e. The lowest BCUT2D eigenvalue weighted by molar-refractivity contribution is -0.142. The molecule has 0 aliphatic carbocycles. The van der Waals surface area contributed by atoms with Crippen LogP contribution >= 0.6 is 0 Å². The van der Waals surface area contributed by atoms with Crippen LogP contribution < -0.4 is 5.32 Å². The van der Waals surface area contributed by atoms with Crippen molar-refractivity contribution in [3.05, 3.63) is 23.0 Å². The van der Waals surface area contributed by atoms with Gasteiger partial charge < -0.3 is 14.6 Å². The number of rotatable bonds is 5. The maximum absolute atomic E-state index is 11.1. The zero-order chi connectivity index (χ0) is 12.8. The average Bonchev–Trinajstić information content (AvgIpc) is 2.57. The van der Waals surface area contributed by atoms with Crippen molar-refractivity contribution < 1.29 is 9.53 Å². The van der Waals surface area contributed by atoms with Gasteiger partial charge in [-0.3, -0.25) is 4.79 Å². The van der Waals surface area contributed by atoms with E-state index in [0.717, 1.165) is 11.3 Å². The summed E-state index contributed by atoms with van der Waals surface area (Å²) in [6, 6.07) is 3.95. The van der Waals surface area contributed by atoms with Crippen LogP contribution in [0.3, 0.4) is 0 Å². The second kappa shape index (κ2) is 6.06. The Morgan fingerprint density at radius 2 is 2.35 bits per heavy atom. The summed E-state index contributed by atoms with van der Waals surface area (Å²) in [6.45, 7) is 4.86. The minimum atomic E-state index is -0.262. The van der Waals surface area contributed by atoms with Crippen molar-refractivity contribution >= 4 is 5.97 Å². The number of esters is 1. The summed E-state index contributed by atoms with van der Waals surface area (Å²) < 4.78 is 6.64. The molecule has 1 aromatic heterocycles. The van der Waals surface area contributed by atoms with Crippen LogP contribution in [-0.2, 0) is 23.1 Å². The Kier molecular flexibility index (Phi) is 4.73. The van der Waals surface area contributed by atoms with Crippen LogP contribution in [0.5, 0.6) is 0 Å². The van der Waals surface area contributed by atoms with E-state index < -0.39 is 0 Å². The van der Waals surface area contributed by atoms with Crippen LogP contribution in [0, 0.1) is 18.3 Å². The highest BCUT2D eigenvalue weighted by Crippen LogP contribution is 2.12. The third-order valence-electron chi connectivity index (χ3n) is 2.64. The number of nitrogens with one attached hydrogen (secondary N) is 1. The van der Waals surface area contributed by atoms with E-state index in [2.05, 4.69) is 11.4 Å². The van der Waals surface area contributed by atoms with E-state index in [1.807, 2.05) is 24.6 Å². The van der Waals surface area contributed by atoms with Gasteiger partial charge in [-0.1, -0.05) is 0 Å². The standard InChI is InChI=1S/C12H17N3O2/c1-4-17-12(16)8-14-7-10-5-11(6-13)15(3)9(10)2/h5,14H,4,7-8H2,1-3H3. The molecule has 0 aromatic carbocycles. The third-order valence-corrected chi connectivity index (χ3v) is 2.64. The summed E-state index contributed by atoms with van der Waals surface area (Å²) >= 11 is 0. The minimum absolute atomic E-state index is 0.185. The first kappa shape index (κ1) is 13.3. The monoisotopic (exact) mass is 235 g/mol. The molecule has 0 unspecified atom stereocenters. The Morgan fingerprint density at radius 1 is 1.65 bits per heavy atom. The van der Waals surface area contributed by atoms with Gasteiger partial charge in [0.05, 0.1) is 13.2 Å². The number of ether oxygens (including phenoxy) is 1. The van der Waals surface area contributed by atoms with Crippen LogP contribution in [0.4, 0.5) is 0 Å². The summed E-state index contributed by atoms with van der Waals surface area (Å²) in [5.41, 5.74) is 2.67. The average molecular weight is 235 g/mol. The van der Waals surface area contributed by atoms with Gasteiger partial charge in [0.2, 0.25) is 0 Å². The zero-order valence-electron chi connectivity index (χ0n) is 10.4. The summed E-state index contributed by atoms with van der Waals surface area (Å²) in [5, 5.41) is 11.9. The van der Waals surface area contributed by atoms with Crippen molar-refractivity contribution in [1.29, 1.82) is 5.26 Å². The Balaban J connectivity index is 2.53. The molecule has 5 heteroatoms. The molecule has 1 aromatic rings. The lowest BCUT2D eigenvalue weighted by Crippen LogP contribution is -2.24. The van der Waals surface area contributed by atoms with Crippen LogP contribution in [0.15, 0.2) is 6.07 Å². The molecule has 1 heterocycles. The number of carbonyl (C=O) groups excluding carboxylic acids is 1. The fourth-order valence-electron chi connectivity index (χ4n) is 1.56. The van der Waals surface area contributed by atoms with Gasteiger partial charge in [0.1, 0.15) is 11.8 Å². The van der Waals surface area contributed by atoms with Crippen molar-refractivity contribution in [1.82, 2.24) is 9.88 Å². The Bertz CT molecular complexity index is 443. The van der Waals surface area contributed by atoms with E-state index in [1.54, 1.807) is 6.92 Å². The zero-order valence-corrected chi connectivity index (χ0v) is 10.4. The first-order valence-corrected chi connectivity index (χ1v) is 5.51. The summed E-state index contributed by atoms with van der Waals surface area (Å²) in [7, 11) is 1.85. The number of nitrogens with zero attached hydrogens (tertiary/aromatic N) is 2. The third kappa shape index (κ3) is 3.33. The lowest BCUT2D eigenvalue weighted by Gasteiger charge is -2.05. The Hall–Kier alpha value is -1.80. The second-order valence-corrected chi connectivity index (χ2v) is 3.72. The first-order valence-electron chi connectivity index (χ1n) is 5.51. The van der Waals surface area contributed by atoms with Crippen molar-refractivity contribution in [2.45, 2.75) is 20.4 Å². The summed E-state index contributed by atoms with van der Waals surface area (Å²) in [4.78, 5) is 11.1. The first-order chi connectivity index (χ1) is 8.10. The van der Waals surface area contributed by atoms with Gasteiger partial charge in [-0.15, -0.1) is 0 Å². The predicted octanol–water partition coefficient (Wildman–Crippen LogP) is 0.858. The normalized spacial score (nSPS) is 10.0. The van der Waals surface area contributed by atoms with E-state index in [0.29, 0.717) is 18.8 Å². The molecule has 5 nitrogen and oxygen atoms in total. The van der Waals surface area contributed by atoms with E-state index in [4.69, 9.17) is 10.00 Å². The highest BCUT2D eigenvalue weighted by molar-refractivity contribution is 5.71. The molecule has 0 aliphatic heterocycles. The molecule has 0 amide bonds. The van der Waals surface area contributed by atoms with Gasteiger partial charge in [-0.2, -0.15) is 5.26 Å². The van der Waals surface area contributed by atoms with Crippen LogP contribution in [0.2, 0.25) is 0 Å². The van der Waals surface area contributed by atoms with Gasteiger partial charge in [0, 0.05) is 19.3 Å². The molecule has 0 saturated heterocycles. The van der Waals surface area contributed by atoms with Crippen molar-refractivity contribution in [2.24, 2.45) is 7.05 Å². The van der Waals surface area contributed by atoms with E-state index in [9.17, 15) is 4.79 Å². The molecule has 17 heavy (non-hydrogen) atoms. The molecule has 0 radical (unpaired) electrons. The molecular formula is C12H17N3O2. The van der Waals surface area contributed by atoms with Gasteiger partial charge in [0.25, 0.3) is 0 Å². The Morgan fingerprint density at radius 3 is 2.88 bits per heavy atom.